The monoisotopic (exact) mass is 528 g/mol. The summed E-state index contributed by atoms with van der Waals surface area (Å²) in [6.07, 6.45) is 0. The van der Waals surface area contributed by atoms with Gasteiger partial charge in [0.05, 0.1) is 11.0 Å². The molecule has 7 aromatic rings. The molecular formula is C39H32N2. The van der Waals surface area contributed by atoms with Gasteiger partial charge in [0, 0.05) is 40.4 Å². The average Bonchev–Trinajstić information content (AvgIpc) is 3.36. The molecule has 6 aromatic carbocycles. The first-order valence-electron chi connectivity index (χ1n) is 14.2. The number of anilines is 2. The molecule has 0 saturated carbocycles. The van der Waals surface area contributed by atoms with E-state index in [1.165, 1.54) is 72.2 Å². The highest BCUT2D eigenvalue weighted by Gasteiger charge is 2.15. The Hall–Kier alpha value is -5.08. The van der Waals surface area contributed by atoms with Crippen molar-refractivity contribution in [1.29, 1.82) is 0 Å². The molecule has 0 unspecified atom stereocenters. The molecule has 198 valence electrons. The van der Waals surface area contributed by atoms with Crippen LogP contribution in [0, 0.1) is 13.8 Å². The minimum Gasteiger partial charge on any atom is -0.344 e. The van der Waals surface area contributed by atoms with Crippen molar-refractivity contribution in [3.05, 3.63) is 151 Å². The van der Waals surface area contributed by atoms with Crippen LogP contribution in [0.5, 0.6) is 0 Å². The van der Waals surface area contributed by atoms with Crippen LogP contribution in [-0.4, -0.2) is 11.6 Å². The molecule has 0 saturated heterocycles. The molecule has 0 aliphatic carbocycles. The summed E-state index contributed by atoms with van der Waals surface area (Å²) in [4.78, 5) is 2.29. The van der Waals surface area contributed by atoms with Crippen molar-refractivity contribution in [3.63, 3.8) is 0 Å². The van der Waals surface area contributed by atoms with Crippen LogP contribution >= 0.6 is 0 Å². The Labute approximate surface area is 241 Å². The number of rotatable bonds is 5. The first-order valence-corrected chi connectivity index (χ1v) is 14.2. The highest BCUT2D eigenvalue weighted by atomic mass is 15.1. The fraction of sp³-hybridized carbons (Fsp3) is 0.0769. The quantitative estimate of drug-likeness (QED) is 0.216. The number of aromatic nitrogens is 1. The SMILES string of the molecule is Cc1cc(N(C)c2ccccc2-c2ccccc2)ccc1-c1ccc(-n2c3ccccc3c3ccccc32)cc1C. The molecule has 0 N–H and O–H groups in total. The van der Waals surface area contributed by atoms with Crippen LogP contribution in [0.1, 0.15) is 11.1 Å². The number of hydrogen-bond donors (Lipinski definition) is 0. The number of para-hydroxylation sites is 3. The first kappa shape index (κ1) is 24.9. The molecule has 0 aliphatic heterocycles. The zero-order chi connectivity index (χ0) is 27.9. The predicted molar refractivity (Wildman–Crippen MR) is 176 cm³/mol. The second-order valence-electron chi connectivity index (χ2n) is 10.8. The van der Waals surface area contributed by atoms with Crippen LogP contribution in [0.15, 0.2) is 140 Å². The summed E-state index contributed by atoms with van der Waals surface area (Å²) in [6.45, 7) is 4.44. The van der Waals surface area contributed by atoms with E-state index >= 15 is 0 Å². The second kappa shape index (κ2) is 10.1. The van der Waals surface area contributed by atoms with Crippen molar-refractivity contribution < 1.29 is 0 Å². The average molecular weight is 529 g/mol. The fourth-order valence-corrected chi connectivity index (χ4v) is 6.22. The van der Waals surface area contributed by atoms with E-state index in [2.05, 4.69) is 170 Å². The molecule has 2 nitrogen and oxygen atoms in total. The van der Waals surface area contributed by atoms with Crippen LogP contribution in [-0.2, 0) is 0 Å². The maximum atomic E-state index is 2.39. The van der Waals surface area contributed by atoms with Gasteiger partial charge < -0.3 is 9.47 Å². The van der Waals surface area contributed by atoms with Gasteiger partial charge in [0.15, 0.2) is 0 Å². The zero-order valence-electron chi connectivity index (χ0n) is 23.7. The third kappa shape index (κ3) is 4.29. The van der Waals surface area contributed by atoms with E-state index < -0.39 is 0 Å². The zero-order valence-corrected chi connectivity index (χ0v) is 23.7. The summed E-state index contributed by atoms with van der Waals surface area (Å²) in [5, 5.41) is 2.57. The number of hydrogen-bond acceptors (Lipinski definition) is 1. The van der Waals surface area contributed by atoms with Gasteiger partial charge >= 0.3 is 0 Å². The summed E-state index contributed by atoms with van der Waals surface area (Å²) >= 11 is 0. The van der Waals surface area contributed by atoms with Crippen molar-refractivity contribution in [2.75, 3.05) is 11.9 Å². The van der Waals surface area contributed by atoms with Crippen molar-refractivity contribution in [2.24, 2.45) is 0 Å². The second-order valence-corrected chi connectivity index (χ2v) is 10.8. The molecule has 0 aliphatic rings. The van der Waals surface area contributed by atoms with Crippen LogP contribution < -0.4 is 4.90 Å². The molecule has 0 amide bonds. The van der Waals surface area contributed by atoms with E-state index in [4.69, 9.17) is 0 Å². The Balaban J connectivity index is 1.25. The normalized spacial score (nSPS) is 11.3. The van der Waals surface area contributed by atoms with E-state index in [0.29, 0.717) is 0 Å². The van der Waals surface area contributed by atoms with Gasteiger partial charge in [-0.05, 0) is 84.1 Å². The van der Waals surface area contributed by atoms with Crippen LogP contribution in [0.4, 0.5) is 11.4 Å². The molecule has 0 fully saturated rings. The van der Waals surface area contributed by atoms with Crippen molar-refractivity contribution in [1.82, 2.24) is 4.57 Å². The van der Waals surface area contributed by atoms with Crippen LogP contribution in [0.2, 0.25) is 0 Å². The van der Waals surface area contributed by atoms with Gasteiger partial charge in [-0.15, -0.1) is 0 Å². The van der Waals surface area contributed by atoms with E-state index in [9.17, 15) is 0 Å². The Kier molecular flexibility index (Phi) is 6.17. The topological polar surface area (TPSA) is 8.17 Å². The highest BCUT2D eigenvalue weighted by molar-refractivity contribution is 6.09. The van der Waals surface area contributed by atoms with Gasteiger partial charge in [0.2, 0.25) is 0 Å². The van der Waals surface area contributed by atoms with Crippen LogP contribution in [0.3, 0.4) is 0 Å². The third-order valence-corrected chi connectivity index (χ3v) is 8.29. The lowest BCUT2D eigenvalue weighted by Crippen LogP contribution is -2.11. The maximum Gasteiger partial charge on any atom is 0.0541 e. The summed E-state index contributed by atoms with van der Waals surface area (Å²) < 4.78 is 2.39. The van der Waals surface area contributed by atoms with Gasteiger partial charge in [-0.1, -0.05) is 97.1 Å². The molecule has 0 radical (unpaired) electrons. The Morgan fingerprint density at radius 3 is 1.71 bits per heavy atom. The number of benzene rings is 6. The number of aryl methyl sites for hydroxylation is 2. The number of nitrogens with zero attached hydrogens (tertiary/aromatic N) is 2. The van der Waals surface area contributed by atoms with E-state index in [1.54, 1.807) is 0 Å². The lowest BCUT2D eigenvalue weighted by molar-refractivity contribution is 1.17. The predicted octanol–water partition coefficient (Wildman–Crippen LogP) is 10.5. The van der Waals surface area contributed by atoms with Gasteiger partial charge in [-0.2, -0.15) is 0 Å². The molecule has 0 bridgehead atoms. The van der Waals surface area contributed by atoms with Crippen molar-refractivity contribution >= 4 is 33.2 Å². The summed E-state index contributed by atoms with van der Waals surface area (Å²) in [5.74, 6) is 0. The largest absolute Gasteiger partial charge is 0.344 e. The molecule has 1 heterocycles. The smallest absolute Gasteiger partial charge is 0.0541 e. The minimum atomic E-state index is 1.18. The standard InChI is InChI=1S/C39H32N2/c1-27-25-30(40(3)37-18-10-7-15-34(37)29-13-5-4-6-14-29)21-23-32(27)33-24-22-31(26-28(33)2)41-38-19-11-8-16-35(38)36-17-9-12-20-39(36)41/h4-26H,1-3H3. The van der Waals surface area contributed by atoms with Gasteiger partial charge in [0.1, 0.15) is 0 Å². The molecule has 1 aromatic heterocycles. The molecule has 2 heteroatoms. The van der Waals surface area contributed by atoms with Gasteiger partial charge in [-0.3, -0.25) is 0 Å². The first-order chi connectivity index (χ1) is 20.1. The van der Waals surface area contributed by atoms with E-state index in [1.807, 2.05) is 0 Å². The van der Waals surface area contributed by atoms with Gasteiger partial charge in [-0.25, -0.2) is 0 Å². The van der Waals surface area contributed by atoms with E-state index in [0.717, 1.165) is 0 Å². The highest BCUT2D eigenvalue weighted by Crippen LogP contribution is 2.38. The Morgan fingerprint density at radius 1 is 0.488 bits per heavy atom. The molecule has 41 heavy (non-hydrogen) atoms. The molecule has 0 spiro atoms. The fourth-order valence-electron chi connectivity index (χ4n) is 6.22. The summed E-state index contributed by atoms with van der Waals surface area (Å²) in [5.41, 5.74) is 13.6. The summed E-state index contributed by atoms with van der Waals surface area (Å²) in [6, 6.07) is 50.3. The Bertz CT molecular complexity index is 1980. The molecule has 0 atom stereocenters. The number of fused-ring (bicyclic) bond motifs is 3. The third-order valence-electron chi connectivity index (χ3n) is 8.29. The molecular weight excluding hydrogens is 496 g/mol. The maximum absolute atomic E-state index is 2.39. The van der Waals surface area contributed by atoms with Crippen molar-refractivity contribution in [3.8, 4) is 27.9 Å². The minimum absolute atomic E-state index is 1.18. The Morgan fingerprint density at radius 2 is 1.05 bits per heavy atom. The van der Waals surface area contributed by atoms with E-state index in [-0.39, 0.29) is 0 Å². The summed E-state index contributed by atoms with van der Waals surface area (Å²) in [7, 11) is 2.15. The lowest BCUT2D eigenvalue weighted by Gasteiger charge is -2.24. The van der Waals surface area contributed by atoms with Crippen molar-refractivity contribution in [2.45, 2.75) is 13.8 Å². The lowest BCUT2D eigenvalue weighted by atomic mass is 9.95. The van der Waals surface area contributed by atoms with Crippen LogP contribution in [0.25, 0.3) is 49.7 Å². The van der Waals surface area contributed by atoms with Gasteiger partial charge in [0.25, 0.3) is 0 Å². The molecule has 7 rings (SSSR count).